The lowest BCUT2D eigenvalue weighted by Gasteiger charge is -2.24. The molecule has 116 valence electrons. The van der Waals surface area contributed by atoms with Gasteiger partial charge in [0.25, 0.3) is 0 Å². The Morgan fingerprint density at radius 3 is 2.57 bits per heavy atom. The Labute approximate surface area is 124 Å². The molecule has 7 nitrogen and oxygen atoms in total. The smallest absolute Gasteiger partial charge is 0.243 e. The number of amides is 1. The van der Waals surface area contributed by atoms with Crippen molar-refractivity contribution in [1.29, 1.82) is 0 Å². The number of nitrogens with two attached hydrogens (primary N) is 1. The van der Waals surface area contributed by atoms with Crippen molar-refractivity contribution in [2.24, 2.45) is 7.05 Å². The van der Waals surface area contributed by atoms with E-state index in [9.17, 15) is 4.79 Å². The van der Waals surface area contributed by atoms with Crippen LogP contribution >= 0.6 is 0 Å². The zero-order valence-corrected chi connectivity index (χ0v) is 13.6. The van der Waals surface area contributed by atoms with Gasteiger partial charge in [-0.3, -0.25) is 14.0 Å². The summed E-state index contributed by atoms with van der Waals surface area (Å²) in [6.07, 6.45) is 0.774. The summed E-state index contributed by atoms with van der Waals surface area (Å²) in [5.74, 6) is 0.247. The van der Waals surface area contributed by atoms with Gasteiger partial charge in [-0.15, -0.1) is 0 Å². The van der Waals surface area contributed by atoms with Gasteiger partial charge in [-0.2, -0.15) is 5.10 Å². The zero-order chi connectivity index (χ0) is 15.9. The maximum absolute atomic E-state index is 12.4. The number of rotatable bonds is 3. The van der Waals surface area contributed by atoms with Crippen molar-refractivity contribution >= 4 is 23.0 Å². The minimum absolute atomic E-state index is 0.0900. The van der Waals surface area contributed by atoms with Gasteiger partial charge in [-0.25, -0.2) is 4.98 Å². The van der Waals surface area contributed by atoms with Crippen molar-refractivity contribution < 1.29 is 4.79 Å². The Balaban J connectivity index is 2.48. The highest BCUT2D eigenvalue weighted by Gasteiger charge is 2.26. The standard InChI is InChI=1S/C14H24N6O/c1-7-9-10-12(19(6)18-9)20(13(15)16-10)8(2)11(21)17-14(3,4)5/h8H,7H2,1-6H3,(H2,15,16)(H,17,21). The van der Waals surface area contributed by atoms with E-state index in [1.165, 1.54) is 0 Å². The summed E-state index contributed by atoms with van der Waals surface area (Å²) in [4.78, 5) is 16.8. The van der Waals surface area contributed by atoms with Crippen molar-refractivity contribution in [3.63, 3.8) is 0 Å². The molecule has 2 heterocycles. The maximum Gasteiger partial charge on any atom is 0.243 e. The van der Waals surface area contributed by atoms with Gasteiger partial charge in [0.15, 0.2) is 5.65 Å². The van der Waals surface area contributed by atoms with E-state index in [2.05, 4.69) is 15.4 Å². The Morgan fingerprint density at radius 2 is 2.05 bits per heavy atom. The van der Waals surface area contributed by atoms with E-state index in [0.29, 0.717) is 5.95 Å². The van der Waals surface area contributed by atoms with Gasteiger partial charge in [-0.05, 0) is 34.1 Å². The minimum Gasteiger partial charge on any atom is -0.369 e. The van der Waals surface area contributed by atoms with Crippen molar-refractivity contribution in [2.45, 2.75) is 52.6 Å². The number of anilines is 1. The highest BCUT2D eigenvalue weighted by molar-refractivity contribution is 5.85. The number of carbonyl (C=O) groups is 1. The van der Waals surface area contributed by atoms with Crippen molar-refractivity contribution in [3.05, 3.63) is 5.69 Å². The number of hydrogen-bond acceptors (Lipinski definition) is 4. The second-order valence-electron chi connectivity index (χ2n) is 6.35. The molecule has 3 N–H and O–H groups in total. The fraction of sp³-hybridized carbons (Fsp3) is 0.643. The normalized spacial score (nSPS) is 13.6. The molecule has 0 saturated carbocycles. The first kappa shape index (κ1) is 15.3. The maximum atomic E-state index is 12.4. The quantitative estimate of drug-likeness (QED) is 0.894. The third kappa shape index (κ3) is 2.72. The first-order chi connectivity index (χ1) is 9.65. The molecule has 21 heavy (non-hydrogen) atoms. The van der Waals surface area contributed by atoms with E-state index in [-0.39, 0.29) is 11.4 Å². The fourth-order valence-corrected chi connectivity index (χ4v) is 2.43. The number of aryl methyl sites for hydroxylation is 2. The summed E-state index contributed by atoms with van der Waals surface area (Å²) >= 11 is 0. The average Bonchev–Trinajstić information content (AvgIpc) is 2.83. The molecule has 0 saturated heterocycles. The van der Waals surface area contributed by atoms with Crippen LogP contribution in [0.3, 0.4) is 0 Å². The molecule has 1 unspecified atom stereocenters. The minimum atomic E-state index is -0.450. The van der Waals surface area contributed by atoms with Crippen LogP contribution in [0.1, 0.15) is 46.4 Å². The van der Waals surface area contributed by atoms with Crippen LogP contribution in [0.5, 0.6) is 0 Å². The van der Waals surface area contributed by atoms with Crippen LogP contribution in [0.4, 0.5) is 5.95 Å². The number of nitrogens with zero attached hydrogens (tertiary/aromatic N) is 4. The highest BCUT2D eigenvalue weighted by atomic mass is 16.2. The molecule has 0 radical (unpaired) electrons. The number of nitrogen functional groups attached to an aromatic ring is 1. The van der Waals surface area contributed by atoms with Gasteiger partial charge in [0.1, 0.15) is 11.6 Å². The van der Waals surface area contributed by atoms with E-state index >= 15 is 0 Å². The summed E-state index contributed by atoms with van der Waals surface area (Å²) in [5, 5.41) is 7.40. The molecular weight excluding hydrogens is 268 g/mol. The van der Waals surface area contributed by atoms with Gasteiger partial charge in [0.05, 0.1) is 5.69 Å². The number of aromatic nitrogens is 4. The molecule has 0 aliphatic heterocycles. The first-order valence-corrected chi connectivity index (χ1v) is 7.17. The van der Waals surface area contributed by atoms with E-state index in [1.807, 2.05) is 41.7 Å². The lowest BCUT2D eigenvalue weighted by atomic mass is 10.1. The molecule has 2 aromatic rings. The van der Waals surface area contributed by atoms with Gasteiger partial charge in [0, 0.05) is 12.6 Å². The third-order valence-corrected chi connectivity index (χ3v) is 3.36. The van der Waals surface area contributed by atoms with Gasteiger partial charge >= 0.3 is 0 Å². The molecule has 0 bridgehead atoms. The number of nitrogens with one attached hydrogen (secondary N) is 1. The van der Waals surface area contributed by atoms with Crippen LogP contribution in [-0.2, 0) is 18.3 Å². The molecule has 1 atom stereocenters. The second-order valence-corrected chi connectivity index (χ2v) is 6.35. The summed E-state index contributed by atoms with van der Waals surface area (Å²) in [6.45, 7) is 9.68. The fourth-order valence-electron chi connectivity index (χ4n) is 2.43. The van der Waals surface area contributed by atoms with Crippen LogP contribution in [0, 0.1) is 0 Å². The summed E-state index contributed by atoms with van der Waals surface area (Å²) in [5.41, 5.74) is 8.17. The van der Waals surface area contributed by atoms with Crippen LogP contribution < -0.4 is 11.1 Å². The molecule has 0 aliphatic rings. The largest absolute Gasteiger partial charge is 0.369 e. The lowest BCUT2D eigenvalue weighted by Crippen LogP contribution is -2.44. The number of fused-ring (bicyclic) bond motifs is 1. The molecule has 0 spiro atoms. The average molecular weight is 292 g/mol. The van der Waals surface area contributed by atoms with Crippen LogP contribution in [-0.4, -0.2) is 30.8 Å². The summed E-state index contributed by atoms with van der Waals surface area (Å²) in [6, 6.07) is -0.450. The van der Waals surface area contributed by atoms with Crippen molar-refractivity contribution in [1.82, 2.24) is 24.6 Å². The second kappa shape index (κ2) is 5.05. The predicted molar refractivity (Wildman–Crippen MR) is 82.9 cm³/mol. The number of imidazole rings is 1. The summed E-state index contributed by atoms with van der Waals surface area (Å²) in [7, 11) is 1.84. The molecule has 0 aromatic carbocycles. The Morgan fingerprint density at radius 1 is 1.43 bits per heavy atom. The monoisotopic (exact) mass is 292 g/mol. The molecule has 0 fully saturated rings. The van der Waals surface area contributed by atoms with E-state index in [1.54, 1.807) is 9.25 Å². The zero-order valence-electron chi connectivity index (χ0n) is 13.6. The predicted octanol–water partition coefficient (Wildman–Crippen LogP) is 1.39. The molecule has 2 rings (SSSR count). The SMILES string of the molecule is CCc1nn(C)c2c1nc(N)n2C(C)C(=O)NC(C)(C)C. The molecule has 0 aliphatic carbocycles. The molecule has 2 aromatic heterocycles. The van der Waals surface area contributed by atoms with Gasteiger partial charge in [-0.1, -0.05) is 6.92 Å². The highest BCUT2D eigenvalue weighted by Crippen LogP contribution is 2.25. The van der Waals surface area contributed by atoms with Crippen molar-refractivity contribution in [2.75, 3.05) is 5.73 Å². The molecule has 1 amide bonds. The van der Waals surface area contributed by atoms with E-state index < -0.39 is 6.04 Å². The lowest BCUT2D eigenvalue weighted by molar-refractivity contribution is -0.125. The van der Waals surface area contributed by atoms with Crippen LogP contribution in [0.25, 0.3) is 11.2 Å². The van der Waals surface area contributed by atoms with Gasteiger partial charge in [0.2, 0.25) is 11.9 Å². The van der Waals surface area contributed by atoms with E-state index in [4.69, 9.17) is 5.73 Å². The van der Waals surface area contributed by atoms with Crippen LogP contribution in [0.2, 0.25) is 0 Å². The topological polar surface area (TPSA) is 90.8 Å². The first-order valence-electron chi connectivity index (χ1n) is 7.17. The molecule has 7 heteroatoms. The third-order valence-electron chi connectivity index (χ3n) is 3.36. The number of hydrogen-bond donors (Lipinski definition) is 2. The van der Waals surface area contributed by atoms with Crippen LogP contribution in [0.15, 0.2) is 0 Å². The van der Waals surface area contributed by atoms with Crippen molar-refractivity contribution in [3.8, 4) is 0 Å². The summed E-state index contributed by atoms with van der Waals surface area (Å²) < 4.78 is 3.47. The Hall–Kier alpha value is -2.05. The Bertz CT molecular complexity index is 676. The number of carbonyl (C=O) groups excluding carboxylic acids is 1. The van der Waals surface area contributed by atoms with Gasteiger partial charge < -0.3 is 11.1 Å². The van der Waals surface area contributed by atoms with E-state index in [0.717, 1.165) is 23.3 Å². The Kier molecular flexibility index (Phi) is 3.69. The molecular formula is C14H24N6O.